The number of quaternary nitrogens is 1. The summed E-state index contributed by atoms with van der Waals surface area (Å²) in [4.78, 5) is 10.1. The molecular weight excluding hydrogens is 142 g/mol. The van der Waals surface area contributed by atoms with Crippen molar-refractivity contribution in [3.63, 3.8) is 0 Å². The largest absolute Gasteiger partial charge is 0.550 e. The minimum Gasteiger partial charge on any atom is -0.550 e. The molecule has 0 aliphatic heterocycles. The van der Waals surface area contributed by atoms with E-state index in [1.165, 1.54) is 0 Å². The number of carboxylic acid groups (broad SMARTS) is 1. The number of rotatable bonds is 5. The highest BCUT2D eigenvalue weighted by Crippen LogP contribution is 1.99. The van der Waals surface area contributed by atoms with Gasteiger partial charge >= 0.3 is 0 Å². The molecule has 66 valence electrons. The number of carbonyl (C=O) groups is 1. The smallest absolute Gasteiger partial charge is 0.0835 e. The molecule has 0 bridgehead atoms. The zero-order valence-corrected chi connectivity index (χ0v) is 7.59. The van der Waals surface area contributed by atoms with E-state index in [4.69, 9.17) is 0 Å². The van der Waals surface area contributed by atoms with Crippen LogP contribution in [0.3, 0.4) is 0 Å². The first-order valence-electron chi connectivity index (χ1n) is 4.00. The van der Waals surface area contributed by atoms with Crippen molar-refractivity contribution in [1.29, 1.82) is 0 Å². The number of hydrogen-bond acceptors (Lipinski definition) is 2. The highest BCUT2D eigenvalue weighted by atomic mass is 16.4. The van der Waals surface area contributed by atoms with Crippen molar-refractivity contribution < 1.29 is 14.4 Å². The van der Waals surface area contributed by atoms with Crippen molar-refractivity contribution in [2.75, 3.05) is 27.2 Å². The van der Waals surface area contributed by atoms with Gasteiger partial charge in [0.15, 0.2) is 0 Å². The van der Waals surface area contributed by atoms with Gasteiger partial charge in [-0.15, -0.1) is 0 Å². The monoisotopic (exact) mass is 159 g/mol. The predicted molar refractivity (Wildman–Crippen MR) is 41.8 cm³/mol. The zero-order chi connectivity index (χ0) is 8.91. The van der Waals surface area contributed by atoms with Gasteiger partial charge in [-0.3, -0.25) is 0 Å². The Balaban J connectivity index is 3.63. The van der Waals surface area contributed by atoms with E-state index < -0.39 is 5.97 Å². The third kappa shape index (κ3) is 5.85. The van der Waals surface area contributed by atoms with Crippen molar-refractivity contribution in [3.8, 4) is 0 Å². The van der Waals surface area contributed by atoms with Gasteiger partial charge in [0, 0.05) is 12.4 Å². The van der Waals surface area contributed by atoms with Gasteiger partial charge in [-0.25, -0.2) is 0 Å². The maximum Gasteiger partial charge on any atom is 0.0835 e. The maximum atomic E-state index is 10.1. The van der Waals surface area contributed by atoms with E-state index >= 15 is 0 Å². The zero-order valence-electron chi connectivity index (χ0n) is 7.59. The molecule has 0 aromatic rings. The fraction of sp³-hybridized carbons (Fsp3) is 0.875. The molecule has 0 unspecified atom stereocenters. The van der Waals surface area contributed by atoms with Crippen molar-refractivity contribution >= 4 is 5.97 Å². The van der Waals surface area contributed by atoms with Gasteiger partial charge in [-0.1, -0.05) is 6.92 Å². The molecule has 0 aromatic heterocycles. The van der Waals surface area contributed by atoms with Crippen LogP contribution in [0.5, 0.6) is 0 Å². The molecule has 0 saturated heterocycles. The molecule has 0 radical (unpaired) electrons. The van der Waals surface area contributed by atoms with Gasteiger partial charge < -0.3 is 14.4 Å². The molecule has 0 rings (SSSR count). The molecule has 0 saturated carbocycles. The summed E-state index contributed by atoms with van der Waals surface area (Å²) in [5.41, 5.74) is 0. The van der Waals surface area contributed by atoms with Crippen molar-refractivity contribution in [2.24, 2.45) is 0 Å². The molecule has 0 fully saturated rings. The number of nitrogens with zero attached hydrogens (tertiary/aromatic N) is 1. The number of carboxylic acids is 1. The average molecular weight is 159 g/mol. The van der Waals surface area contributed by atoms with E-state index in [-0.39, 0.29) is 6.42 Å². The first-order valence-corrected chi connectivity index (χ1v) is 4.00. The summed E-state index contributed by atoms with van der Waals surface area (Å²) in [6.07, 6.45) is 1.24. The lowest BCUT2D eigenvalue weighted by atomic mass is 10.3. The summed E-state index contributed by atoms with van der Waals surface area (Å²) in [5, 5.41) is 10.1. The van der Waals surface area contributed by atoms with Crippen molar-refractivity contribution in [2.45, 2.75) is 19.8 Å². The van der Waals surface area contributed by atoms with Gasteiger partial charge in [0.1, 0.15) is 0 Å². The van der Waals surface area contributed by atoms with E-state index in [9.17, 15) is 9.90 Å². The molecular formula is C8H17NO2. The van der Waals surface area contributed by atoms with Crippen LogP contribution >= 0.6 is 0 Å². The first kappa shape index (κ1) is 10.4. The molecule has 3 nitrogen and oxygen atoms in total. The number of carbonyl (C=O) groups excluding carboxylic acids is 1. The standard InChI is InChI=1S/C8H17NO2/c1-4-6-9(2,3)7-5-8(10)11/h4-7H2,1-3H3. The van der Waals surface area contributed by atoms with Gasteiger partial charge in [-0.2, -0.15) is 0 Å². The molecule has 0 spiro atoms. The fourth-order valence-corrected chi connectivity index (χ4v) is 1.11. The molecule has 0 aliphatic rings. The molecule has 11 heavy (non-hydrogen) atoms. The Bertz CT molecular complexity index is 132. The summed E-state index contributed by atoms with van der Waals surface area (Å²) in [6, 6.07) is 0. The van der Waals surface area contributed by atoms with Crippen molar-refractivity contribution in [3.05, 3.63) is 0 Å². The third-order valence-electron chi connectivity index (χ3n) is 1.75. The van der Waals surface area contributed by atoms with Crippen LogP contribution in [0.1, 0.15) is 19.8 Å². The van der Waals surface area contributed by atoms with Crippen LogP contribution in [0.2, 0.25) is 0 Å². The number of aliphatic carboxylic acids is 1. The van der Waals surface area contributed by atoms with Crippen LogP contribution < -0.4 is 5.11 Å². The topological polar surface area (TPSA) is 40.1 Å². The summed E-state index contributed by atoms with van der Waals surface area (Å²) in [6.45, 7) is 3.78. The molecule has 0 atom stereocenters. The second-order valence-corrected chi connectivity index (χ2v) is 3.50. The Morgan fingerprint density at radius 3 is 2.27 bits per heavy atom. The van der Waals surface area contributed by atoms with Crippen LogP contribution in [0.15, 0.2) is 0 Å². The molecule has 0 N–H and O–H groups in total. The van der Waals surface area contributed by atoms with E-state index in [2.05, 4.69) is 6.92 Å². The Labute approximate surface area is 68.2 Å². The molecule has 0 amide bonds. The van der Waals surface area contributed by atoms with Crippen LogP contribution in [-0.2, 0) is 4.79 Å². The van der Waals surface area contributed by atoms with Crippen molar-refractivity contribution in [1.82, 2.24) is 0 Å². The van der Waals surface area contributed by atoms with Crippen LogP contribution in [0, 0.1) is 0 Å². The van der Waals surface area contributed by atoms with Gasteiger partial charge in [0.25, 0.3) is 0 Å². The Kier molecular flexibility index (Phi) is 4.11. The fourth-order valence-electron chi connectivity index (χ4n) is 1.11. The molecule has 0 heterocycles. The van der Waals surface area contributed by atoms with Crippen LogP contribution in [0.25, 0.3) is 0 Å². The highest BCUT2D eigenvalue weighted by molar-refractivity contribution is 5.64. The maximum absolute atomic E-state index is 10.1. The summed E-state index contributed by atoms with van der Waals surface area (Å²) in [5.74, 6) is -0.952. The Hall–Kier alpha value is -0.570. The second kappa shape index (κ2) is 4.34. The Morgan fingerprint density at radius 2 is 1.91 bits per heavy atom. The second-order valence-electron chi connectivity index (χ2n) is 3.50. The minimum atomic E-state index is -0.952. The highest BCUT2D eigenvalue weighted by Gasteiger charge is 2.12. The minimum absolute atomic E-state index is 0.160. The lowest BCUT2D eigenvalue weighted by Crippen LogP contribution is -2.43. The van der Waals surface area contributed by atoms with Gasteiger partial charge in [-0.05, 0) is 6.42 Å². The summed E-state index contributed by atoms with van der Waals surface area (Å²) >= 11 is 0. The van der Waals surface area contributed by atoms with E-state index in [0.29, 0.717) is 6.54 Å². The number of hydrogen-bond donors (Lipinski definition) is 0. The lowest BCUT2D eigenvalue weighted by Gasteiger charge is -2.29. The molecule has 0 aliphatic carbocycles. The SMILES string of the molecule is CCC[N+](C)(C)CCC(=O)[O-]. The van der Waals surface area contributed by atoms with Gasteiger partial charge in [0.05, 0.1) is 27.2 Å². The lowest BCUT2D eigenvalue weighted by molar-refractivity contribution is -0.890. The average Bonchev–Trinajstić information content (AvgIpc) is 1.84. The summed E-state index contributed by atoms with van der Waals surface area (Å²) < 4.78 is 0.768. The molecule has 0 aromatic carbocycles. The van der Waals surface area contributed by atoms with E-state index in [0.717, 1.165) is 17.4 Å². The van der Waals surface area contributed by atoms with E-state index in [1.807, 2.05) is 14.1 Å². The Morgan fingerprint density at radius 1 is 1.36 bits per heavy atom. The quantitative estimate of drug-likeness (QED) is 0.513. The van der Waals surface area contributed by atoms with E-state index in [1.54, 1.807) is 0 Å². The third-order valence-corrected chi connectivity index (χ3v) is 1.75. The normalized spacial score (nSPS) is 11.5. The first-order chi connectivity index (χ1) is 4.98. The predicted octanol–water partition coefficient (Wildman–Crippen LogP) is -0.387. The molecule has 3 heteroatoms. The van der Waals surface area contributed by atoms with Gasteiger partial charge in [0.2, 0.25) is 0 Å². The summed E-state index contributed by atoms with van der Waals surface area (Å²) in [7, 11) is 4.07. The van der Waals surface area contributed by atoms with Crippen LogP contribution in [0.4, 0.5) is 0 Å². The van der Waals surface area contributed by atoms with Crippen LogP contribution in [-0.4, -0.2) is 37.6 Å².